The minimum Gasteiger partial charge on any atom is -0.457 e. The van der Waals surface area contributed by atoms with Crippen LogP contribution in [0.15, 0.2) is 78.9 Å². The van der Waals surface area contributed by atoms with E-state index in [0.29, 0.717) is 12.3 Å². The van der Waals surface area contributed by atoms with E-state index in [-0.39, 0.29) is 18.2 Å². The largest absolute Gasteiger partial charge is 0.457 e. The van der Waals surface area contributed by atoms with E-state index in [0.717, 1.165) is 22.7 Å². The third-order valence-electron chi connectivity index (χ3n) is 4.37. The molecule has 0 unspecified atom stereocenters. The fraction of sp³-hybridized carbons (Fsp3) is 0.167. The summed E-state index contributed by atoms with van der Waals surface area (Å²) in [7, 11) is 0. The molecule has 2 amide bonds. The first-order chi connectivity index (χ1) is 14.0. The maximum atomic E-state index is 12.3. The van der Waals surface area contributed by atoms with Crippen LogP contribution < -0.4 is 15.0 Å². The molecule has 0 atom stereocenters. The molecule has 5 heteroatoms. The second-order valence-electron chi connectivity index (χ2n) is 6.75. The number of carbonyl (C=O) groups excluding carboxylic acids is 2. The van der Waals surface area contributed by atoms with Crippen molar-refractivity contribution in [1.29, 1.82) is 0 Å². The Balaban J connectivity index is 1.60. The third-order valence-corrected chi connectivity index (χ3v) is 4.37. The second kappa shape index (κ2) is 9.55. The first kappa shape index (κ1) is 20.1. The van der Waals surface area contributed by atoms with Crippen LogP contribution >= 0.6 is 0 Å². The van der Waals surface area contributed by atoms with E-state index in [1.54, 1.807) is 4.90 Å². The van der Waals surface area contributed by atoms with Crippen LogP contribution in [0.1, 0.15) is 18.9 Å². The van der Waals surface area contributed by atoms with Crippen molar-refractivity contribution in [3.8, 4) is 11.5 Å². The fourth-order valence-electron chi connectivity index (χ4n) is 2.95. The molecule has 3 aromatic rings. The Morgan fingerprint density at radius 2 is 1.59 bits per heavy atom. The highest BCUT2D eigenvalue weighted by Gasteiger charge is 2.14. The second-order valence-corrected chi connectivity index (χ2v) is 6.75. The van der Waals surface area contributed by atoms with E-state index in [9.17, 15) is 9.59 Å². The zero-order valence-electron chi connectivity index (χ0n) is 16.6. The molecular formula is C24H24N2O3. The Labute approximate surface area is 170 Å². The molecule has 1 N–H and O–H groups in total. The van der Waals surface area contributed by atoms with Gasteiger partial charge in [0.2, 0.25) is 11.8 Å². The van der Waals surface area contributed by atoms with Gasteiger partial charge in [0.15, 0.2) is 0 Å². The number of rotatable bonds is 7. The van der Waals surface area contributed by atoms with E-state index >= 15 is 0 Å². The number of hydrogen-bond acceptors (Lipinski definition) is 3. The molecule has 0 heterocycles. The van der Waals surface area contributed by atoms with Crippen LogP contribution in [-0.2, 0) is 9.59 Å². The van der Waals surface area contributed by atoms with Crippen molar-refractivity contribution in [3.05, 3.63) is 84.4 Å². The van der Waals surface area contributed by atoms with Crippen LogP contribution in [0.5, 0.6) is 11.5 Å². The SMILES string of the molecule is CC(=O)N(CCC(=O)Nc1cccc(C)c1)c1ccc(Oc2ccccc2)cc1. The first-order valence-electron chi connectivity index (χ1n) is 9.49. The molecule has 3 rings (SSSR count). The Bertz CT molecular complexity index is 969. The number of anilines is 2. The zero-order chi connectivity index (χ0) is 20.6. The highest BCUT2D eigenvalue weighted by molar-refractivity contribution is 5.94. The van der Waals surface area contributed by atoms with Crippen molar-refractivity contribution >= 4 is 23.2 Å². The quantitative estimate of drug-likeness (QED) is 0.607. The van der Waals surface area contributed by atoms with Crippen molar-refractivity contribution in [1.82, 2.24) is 0 Å². The summed E-state index contributed by atoms with van der Waals surface area (Å²) >= 11 is 0. The molecule has 0 saturated carbocycles. The predicted octanol–water partition coefficient (Wildman–Crippen LogP) is 5.17. The summed E-state index contributed by atoms with van der Waals surface area (Å²) in [6, 6.07) is 24.4. The topological polar surface area (TPSA) is 58.6 Å². The van der Waals surface area contributed by atoms with Crippen molar-refractivity contribution in [3.63, 3.8) is 0 Å². The number of ether oxygens (including phenoxy) is 1. The Kier molecular flexibility index (Phi) is 6.63. The van der Waals surface area contributed by atoms with Gasteiger partial charge in [0.05, 0.1) is 0 Å². The molecule has 148 valence electrons. The van der Waals surface area contributed by atoms with Gasteiger partial charge in [0.25, 0.3) is 0 Å². The number of hydrogen-bond donors (Lipinski definition) is 1. The van der Waals surface area contributed by atoms with Gasteiger partial charge in [-0.05, 0) is 61.0 Å². The fourth-order valence-corrected chi connectivity index (χ4v) is 2.95. The van der Waals surface area contributed by atoms with Crippen molar-refractivity contribution in [2.75, 3.05) is 16.8 Å². The molecule has 0 radical (unpaired) electrons. The Morgan fingerprint density at radius 1 is 0.897 bits per heavy atom. The summed E-state index contributed by atoms with van der Waals surface area (Å²) in [6.07, 6.45) is 0.204. The summed E-state index contributed by atoms with van der Waals surface area (Å²) in [5, 5.41) is 2.87. The molecule has 0 aliphatic rings. The molecule has 3 aromatic carbocycles. The Hall–Kier alpha value is -3.60. The van der Waals surface area contributed by atoms with Crippen molar-refractivity contribution in [2.45, 2.75) is 20.3 Å². The highest BCUT2D eigenvalue weighted by atomic mass is 16.5. The number of carbonyl (C=O) groups is 2. The molecule has 0 saturated heterocycles. The zero-order valence-corrected chi connectivity index (χ0v) is 16.6. The maximum absolute atomic E-state index is 12.3. The normalized spacial score (nSPS) is 10.3. The van der Waals surface area contributed by atoms with E-state index in [1.807, 2.05) is 85.8 Å². The summed E-state index contributed by atoms with van der Waals surface area (Å²) < 4.78 is 5.78. The van der Waals surface area contributed by atoms with Gasteiger partial charge in [-0.25, -0.2) is 0 Å². The van der Waals surface area contributed by atoms with Gasteiger partial charge >= 0.3 is 0 Å². The highest BCUT2D eigenvalue weighted by Crippen LogP contribution is 2.24. The number of aryl methyl sites for hydroxylation is 1. The van der Waals surface area contributed by atoms with Gasteiger partial charge in [-0.2, -0.15) is 0 Å². The monoisotopic (exact) mass is 388 g/mol. The number of benzene rings is 3. The van der Waals surface area contributed by atoms with Crippen molar-refractivity contribution < 1.29 is 14.3 Å². The third kappa shape index (κ3) is 5.94. The Morgan fingerprint density at radius 3 is 2.24 bits per heavy atom. The lowest BCUT2D eigenvalue weighted by atomic mass is 10.2. The van der Waals surface area contributed by atoms with Crippen molar-refractivity contribution in [2.24, 2.45) is 0 Å². The van der Waals surface area contributed by atoms with Gasteiger partial charge in [0, 0.05) is 31.3 Å². The lowest BCUT2D eigenvalue weighted by Gasteiger charge is -2.21. The average Bonchev–Trinajstić information content (AvgIpc) is 2.70. The molecule has 0 aromatic heterocycles. The van der Waals surface area contributed by atoms with E-state index in [1.165, 1.54) is 6.92 Å². The standard InChI is InChI=1S/C24H24N2O3/c1-18-7-6-8-20(17-18)25-24(28)15-16-26(19(2)27)21-11-13-23(14-12-21)29-22-9-4-3-5-10-22/h3-14,17H,15-16H2,1-2H3,(H,25,28). The van der Waals surface area contributed by atoms with Crippen LogP contribution in [0, 0.1) is 6.92 Å². The molecule has 0 bridgehead atoms. The summed E-state index contributed by atoms with van der Waals surface area (Å²) in [5.74, 6) is 1.17. The minimum atomic E-state index is -0.133. The van der Waals surface area contributed by atoms with E-state index in [2.05, 4.69) is 5.32 Å². The summed E-state index contributed by atoms with van der Waals surface area (Å²) in [5.41, 5.74) is 2.55. The minimum absolute atomic E-state index is 0.120. The molecular weight excluding hydrogens is 364 g/mol. The van der Waals surface area contributed by atoms with Crippen LogP contribution in [0.3, 0.4) is 0 Å². The van der Waals surface area contributed by atoms with Gasteiger partial charge < -0.3 is 15.0 Å². The number of nitrogens with zero attached hydrogens (tertiary/aromatic N) is 1. The van der Waals surface area contributed by atoms with Crippen LogP contribution in [0.2, 0.25) is 0 Å². The number of amides is 2. The lowest BCUT2D eigenvalue weighted by molar-refractivity contribution is -0.117. The predicted molar refractivity (Wildman–Crippen MR) is 115 cm³/mol. The van der Waals surface area contributed by atoms with Gasteiger partial charge in [-0.1, -0.05) is 30.3 Å². The van der Waals surface area contributed by atoms with E-state index < -0.39 is 0 Å². The van der Waals surface area contributed by atoms with Gasteiger partial charge in [-0.15, -0.1) is 0 Å². The molecule has 0 spiro atoms. The lowest BCUT2D eigenvalue weighted by Crippen LogP contribution is -2.31. The molecule has 0 aliphatic heterocycles. The smallest absolute Gasteiger partial charge is 0.226 e. The van der Waals surface area contributed by atoms with Crippen LogP contribution in [0.25, 0.3) is 0 Å². The summed E-state index contributed by atoms with van der Waals surface area (Å²) in [4.78, 5) is 26.0. The number of nitrogens with one attached hydrogen (secondary N) is 1. The maximum Gasteiger partial charge on any atom is 0.226 e. The molecule has 0 fully saturated rings. The van der Waals surface area contributed by atoms with E-state index in [4.69, 9.17) is 4.74 Å². The summed E-state index contributed by atoms with van der Waals surface area (Å²) in [6.45, 7) is 3.76. The van der Waals surface area contributed by atoms with Crippen LogP contribution in [0.4, 0.5) is 11.4 Å². The average molecular weight is 388 g/mol. The molecule has 29 heavy (non-hydrogen) atoms. The molecule has 5 nitrogen and oxygen atoms in total. The van der Waals surface area contributed by atoms with Gasteiger partial charge in [-0.3, -0.25) is 9.59 Å². The number of para-hydroxylation sites is 1. The first-order valence-corrected chi connectivity index (χ1v) is 9.49. The molecule has 0 aliphatic carbocycles. The van der Waals surface area contributed by atoms with Gasteiger partial charge in [0.1, 0.15) is 11.5 Å². The van der Waals surface area contributed by atoms with Crippen LogP contribution in [-0.4, -0.2) is 18.4 Å².